The van der Waals surface area contributed by atoms with Gasteiger partial charge in [0.05, 0.1) is 11.1 Å². The van der Waals surface area contributed by atoms with E-state index in [1.54, 1.807) is 19.1 Å². The zero-order chi connectivity index (χ0) is 36.7. The first kappa shape index (κ1) is 42.1. The summed E-state index contributed by atoms with van der Waals surface area (Å²) in [6, 6.07) is 10.1. The second-order valence-corrected chi connectivity index (χ2v) is 13.6. The van der Waals surface area contributed by atoms with Gasteiger partial charge in [-0.15, -0.1) is 0 Å². The molecule has 2 atom stereocenters. The summed E-state index contributed by atoms with van der Waals surface area (Å²) < 4.78 is 0. The van der Waals surface area contributed by atoms with Crippen LogP contribution >= 0.6 is 0 Å². The third-order valence-corrected chi connectivity index (χ3v) is 9.35. The topological polar surface area (TPSA) is 157 Å². The SMILES string of the molecule is CCCCCCCc1ccc(O)c(C(=O)NNC(=O)C(C)CCCCCC(CC)C(=O)NNC(=O)c2cc(CCCCCCC)ccc2O)c1. The first-order chi connectivity index (χ1) is 24.1. The molecule has 0 heterocycles. The van der Waals surface area contributed by atoms with Gasteiger partial charge < -0.3 is 10.2 Å². The lowest BCUT2D eigenvalue weighted by Gasteiger charge is -2.16. The summed E-state index contributed by atoms with van der Waals surface area (Å²) in [4.78, 5) is 50.9. The molecule has 0 fully saturated rings. The molecule has 2 aromatic carbocycles. The molecule has 0 aliphatic heterocycles. The van der Waals surface area contributed by atoms with E-state index in [9.17, 15) is 29.4 Å². The van der Waals surface area contributed by atoms with Crippen molar-refractivity contribution >= 4 is 23.6 Å². The van der Waals surface area contributed by atoms with Crippen molar-refractivity contribution in [3.05, 3.63) is 58.7 Å². The van der Waals surface area contributed by atoms with Crippen LogP contribution < -0.4 is 21.7 Å². The predicted octanol–water partition coefficient (Wildman–Crippen LogP) is 7.96. The third-order valence-electron chi connectivity index (χ3n) is 9.35. The van der Waals surface area contributed by atoms with Crippen molar-refractivity contribution in [3.63, 3.8) is 0 Å². The van der Waals surface area contributed by atoms with Gasteiger partial charge in [-0.3, -0.25) is 40.9 Å². The molecule has 0 aromatic heterocycles. The van der Waals surface area contributed by atoms with Crippen molar-refractivity contribution in [1.82, 2.24) is 21.7 Å². The molecule has 0 saturated carbocycles. The minimum absolute atomic E-state index is 0.128. The molecule has 10 nitrogen and oxygen atoms in total. The van der Waals surface area contributed by atoms with E-state index in [0.29, 0.717) is 19.3 Å². The van der Waals surface area contributed by atoms with Crippen LogP contribution in [-0.4, -0.2) is 33.8 Å². The van der Waals surface area contributed by atoms with Crippen LogP contribution in [-0.2, 0) is 22.4 Å². The number of unbranched alkanes of at least 4 members (excludes halogenated alkanes) is 10. The largest absolute Gasteiger partial charge is 0.507 e. The van der Waals surface area contributed by atoms with Crippen LogP contribution in [0.4, 0.5) is 0 Å². The van der Waals surface area contributed by atoms with E-state index in [1.165, 1.54) is 50.7 Å². The Bertz CT molecular complexity index is 1350. The maximum absolute atomic E-state index is 12.8. The molecule has 2 rings (SSSR count). The molecule has 4 amide bonds. The number of nitrogens with one attached hydrogen (secondary N) is 4. The van der Waals surface area contributed by atoms with Gasteiger partial charge in [0.1, 0.15) is 11.5 Å². The van der Waals surface area contributed by atoms with E-state index in [0.717, 1.165) is 68.9 Å². The Morgan fingerprint density at radius 2 is 1.00 bits per heavy atom. The van der Waals surface area contributed by atoms with Crippen molar-refractivity contribution in [2.75, 3.05) is 0 Å². The number of hydrogen-bond acceptors (Lipinski definition) is 6. The summed E-state index contributed by atoms with van der Waals surface area (Å²) in [5, 5.41) is 20.5. The van der Waals surface area contributed by atoms with Crippen LogP contribution in [0.5, 0.6) is 11.5 Å². The number of phenols is 2. The molecule has 6 N–H and O–H groups in total. The number of benzene rings is 2. The highest BCUT2D eigenvalue weighted by molar-refractivity contribution is 5.98. The fourth-order valence-corrected chi connectivity index (χ4v) is 5.97. The minimum Gasteiger partial charge on any atom is -0.507 e. The average Bonchev–Trinajstić information content (AvgIpc) is 3.11. The van der Waals surface area contributed by atoms with Crippen LogP contribution in [0.1, 0.15) is 162 Å². The highest BCUT2D eigenvalue weighted by Crippen LogP contribution is 2.22. The number of hydrazine groups is 2. The van der Waals surface area contributed by atoms with Crippen LogP contribution in [0.15, 0.2) is 36.4 Å². The van der Waals surface area contributed by atoms with E-state index in [1.807, 2.05) is 19.1 Å². The van der Waals surface area contributed by atoms with Gasteiger partial charge in [0.25, 0.3) is 11.8 Å². The number of phenolic OH excluding ortho intramolecular Hbond substituents is 2. The number of carbonyl (C=O) groups is 4. The van der Waals surface area contributed by atoms with Crippen molar-refractivity contribution in [1.29, 1.82) is 0 Å². The van der Waals surface area contributed by atoms with E-state index in [2.05, 4.69) is 35.6 Å². The molecule has 0 bridgehead atoms. The van der Waals surface area contributed by atoms with Crippen LogP contribution in [0.2, 0.25) is 0 Å². The minimum atomic E-state index is -0.561. The van der Waals surface area contributed by atoms with E-state index >= 15 is 0 Å². The van der Waals surface area contributed by atoms with Crippen molar-refractivity contribution < 1.29 is 29.4 Å². The molecule has 10 heteroatoms. The lowest BCUT2D eigenvalue weighted by molar-refractivity contribution is -0.126. The van der Waals surface area contributed by atoms with Gasteiger partial charge in [-0.05, 0) is 80.3 Å². The maximum Gasteiger partial charge on any atom is 0.273 e. The average molecular weight is 695 g/mol. The Hall–Kier alpha value is -4.08. The van der Waals surface area contributed by atoms with Gasteiger partial charge in [-0.25, -0.2) is 0 Å². The van der Waals surface area contributed by atoms with Gasteiger partial charge in [-0.2, -0.15) is 0 Å². The quantitative estimate of drug-likeness (QED) is 0.0512. The first-order valence-electron chi connectivity index (χ1n) is 18.9. The predicted molar refractivity (Wildman–Crippen MR) is 198 cm³/mol. The number of amides is 4. The Balaban J connectivity index is 1.69. The Morgan fingerprint density at radius 1 is 0.560 bits per heavy atom. The summed E-state index contributed by atoms with van der Waals surface area (Å²) >= 11 is 0. The summed E-state index contributed by atoms with van der Waals surface area (Å²) in [7, 11) is 0. The highest BCUT2D eigenvalue weighted by Gasteiger charge is 2.20. The Labute approximate surface area is 299 Å². The fraction of sp³-hybridized carbons (Fsp3) is 0.600. The van der Waals surface area contributed by atoms with Crippen LogP contribution in [0.25, 0.3) is 0 Å². The molecule has 278 valence electrons. The smallest absolute Gasteiger partial charge is 0.273 e. The first-order valence-corrected chi connectivity index (χ1v) is 18.9. The van der Waals surface area contributed by atoms with Gasteiger partial charge in [0.15, 0.2) is 0 Å². The molecule has 0 spiro atoms. The van der Waals surface area contributed by atoms with Crippen molar-refractivity contribution in [2.45, 2.75) is 143 Å². The lowest BCUT2D eigenvalue weighted by atomic mass is 9.96. The lowest BCUT2D eigenvalue weighted by Crippen LogP contribution is -2.44. The van der Waals surface area contributed by atoms with Gasteiger partial charge in [-0.1, -0.05) is 110 Å². The van der Waals surface area contributed by atoms with Crippen molar-refractivity contribution in [3.8, 4) is 11.5 Å². The number of aryl methyl sites for hydroxylation is 2. The highest BCUT2D eigenvalue weighted by atomic mass is 16.3. The molecular formula is C40H62N4O6. The van der Waals surface area contributed by atoms with E-state index < -0.39 is 11.8 Å². The number of rotatable bonds is 23. The third kappa shape index (κ3) is 15.6. The molecule has 0 aliphatic carbocycles. The molecule has 0 radical (unpaired) electrons. The van der Waals surface area contributed by atoms with Crippen LogP contribution in [0.3, 0.4) is 0 Å². The zero-order valence-electron chi connectivity index (χ0n) is 30.9. The summed E-state index contributed by atoms with van der Waals surface area (Å²) in [5.74, 6) is -2.59. The van der Waals surface area contributed by atoms with Crippen LogP contribution in [0, 0.1) is 11.8 Å². The molecular weight excluding hydrogens is 632 g/mol. The van der Waals surface area contributed by atoms with Gasteiger partial charge in [0.2, 0.25) is 11.8 Å². The summed E-state index contributed by atoms with van der Waals surface area (Å²) in [6.07, 6.45) is 17.3. The maximum atomic E-state index is 12.8. The summed E-state index contributed by atoms with van der Waals surface area (Å²) in [6.45, 7) is 8.07. The summed E-state index contributed by atoms with van der Waals surface area (Å²) in [5.41, 5.74) is 12.1. The number of hydrogen-bond donors (Lipinski definition) is 6. The monoisotopic (exact) mass is 694 g/mol. The van der Waals surface area contributed by atoms with Gasteiger partial charge >= 0.3 is 0 Å². The van der Waals surface area contributed by atoms with E-state index in [4.69, 9.17) is 0 Å². The second-order valence-electron chi connectivity index (χ2n) is 13.6. The van der Waals surface area contributed by atoms with Gasteiger partial charge in [0, 0.05) is 11.8 Å². The Morgan fingerprint density at radius 3 is 1.48 bits per heavy atom. The zero-order valence-corrected chi connectivity index (χ0v) is 30.9. The standard InChI is InChI=1S/C40H62N4O6/c1-5-8-10-12-16-20-30-23-25-35(45)33(27-30)39(49)43-41-37(47)29(4)19-15-14-18-22-32(7-3)38(48)42-44-40(50)34-28-31(24-26-36(34)46)21-17-13-11-9-6-2/h23-29,32,45-46H,5-22H2,1-4H3,(H,41,47)(H,42,48)(H,43,49)(H,44,50). The molecule has 0 saturated heterocycles. The fourth-order valence-electron chi connectivity index (χ4n) is 5.97. The molecule has 0 aliphatic rings. The number of aromatic hydroxyl groups is 2. The second kappa shape index (κ2) is 24.1. The Kier molecular flexibility index (Phi) is 20.3. The molecule has 50 heavy (non-hydrogen) atoms. The van der Waals surface area contributed by atoms with Crippen molar-refractivity contribution in [2.24, 2.45) is 11.8 Å². The molecule has 2 aromatic rings. The van der Waals surface area contributed by atoms with E-state index in [-0.39, 0.29) is 46.3 Å². The number of carbonyl (C=O) groups excluding carboxylic acids is 4. The normalized spacial score (nSPS) is 12.2. The molecule has 2 unspecified atom stereocenters.